The van der Waals surface area contributed by atoms with Crippen molar-refractivity contribution < 1.29 is 18.6 Å². The molecule has 0 fully saturated rings. The number of pyridine rings is 1. The predicted molar refractivity (Wildman–Crippen MR) is 116 cm³/mol. The second kappa shape index (κ2) is 6.18. The lowest BCUT2D eigenvalue weighted by atomic mass is 9.37. The normalized spacial score (nSPS) is 19.3. The number of benzene rings is 2. The van der Waals surface area contributed by atoms with E-state index in [1.807, 2.05) is 24.4 Å². The Hall–Kier alpha value is -3.68. The van der Waals surface area contributed by atoms with E-state index in [1.54, 1.807) is 17.8 Å². The molecule has 2 aromatic carbocycles. The summed E-state index contributed by atoms with van der Waals surface area (Å²) in [5, 5.41) is 13.0. The quantitative estimate of drug-likeness (QED) is 0.474. The Kier molecular flexibility index (Phi) is 3.68. The van der Waals surface area contributed by atoms with Crippen molar-refractivity contribution in [1.82, 2.24) is 19.7 Å². The van der Waals surface area contributed by atoms with Crippen molar-refractivity contribution in [3.05, 3.63) is 71.4 Å². The second-order valence-electron chi connectivity index (χ2n) is 8.24. The highest BCUT2D eigenvalue weighted by atomic mass is 19.1. The molecule has 2 radical (unpaired) electrons. The summed E-state index contributed by atoms with van der Waals surface area (Å²) in [6.45, 7) is -2.12. The van der Waals surface area contributed by atoms with E-state index in [9.17, 15) is 9.90 Å². The number of carbonyl (C=O) groups excluding carboxylic acids is 1. The van der Waals surface area contributed by atoms with Gasteiger partial charge in [-0.3, -0.25) is 14.5 Å². The molecule has 0 spiro atoms. The first-order valence-corrected chi connectivity index (χ1v) is 9.98. The van der Waals surface area contributed by atoms with E-state index in [-0.39, 0.29) is 34.6 Å². The van der Waals surface area contributed by atoms with Crippen LogP contribution in [0.4, 0.5) is 8.71 Å². The van der Waals surface area contributed by atoms with Crippen LogP contribution >= 0.6 is 0 Å². The molecule has 4 aromatic rings. The van der Waals surface area contributed by atoms with E-state index in [2.05, 4.69) is 10.1 Å². The van der Waals surface area contributed by atoms with Gasteiger partial charge in [-0.15, -0.1) is 0 Å². The fraction of sp³-hybridized carbons (Fsp3) is 0.136. The highest BCUT2D eigenvalue weighted by Gasteiger charge is 2.59. The largest absolute Gasteiger partial charge is 0.506 e. The second-order valence-corrected chi connectivity index (χ2v) is 8.24. The van der Waals surface area contributed by atoms with E-state index in [0.717, 1.165) is 22.0 Å². The van der Waals surface area contributed by atoms with Gasteiger partial charge in [-0.2, -0.15) is 5.10 Å². The van der Waals surface area contributed by atoms with Crippen LogP contribution < -0.4 is 5.46 Å². The number of nitrogens with zero attached hydrogens (tertiary/aromatic N) is 4. The molecule has 1 unspecified atom stereocenters. The average molecular weight is 426 g/mol. The maximum Gasteiger partial charge on any atom is 0.404 e. The van der Waals surface area contributed by atoms with E-state index in [1.165, 1.54) is 12.1 Å². The molecule has 2 aliphatic heterocycles. The number of rotatable bonds is 1. The number of aromatic nitrogens is 3. The molecule has 2 aliphatic rings. The summed E-state index contributed by atoms with van der Waals surface area (Å²) >= 11 is 0. The van der Waals surface area contributed by atoms with Crippen molar-refractivity contribution in [2.24, 2.45) is 7.05 Å². The highest BCUT2D eigenvalue weighted by Crippen LogP contribution is 2.43. The van der Waals surface area contributed by atoms with Gasteiger partial charge >= 0.3 is 6.99 Å². The summed E-state index contributed by atoms with van der Waals surface area (Å²) in [6, 6.07) is 9.61. The molecule has 6 rings (SSSR count). The van der Waals surface area contributed by atoms with Gasteiger partial charge in [0.05, 0.1) is 28.3 Å². The lowest BCUT2D eigenvalue weighted by Crippen LogP contribution is -2.63. The zero-order chi connectivity index (χ0) is 22.4. The van der Waals surface area contributed by atoms with Crippen LogP contribution in [-0.2, 0) is 18.9 Å². The minimum atomic E-state index is -1.92. The molecular formula is C22H14B2F2N4O2. The Bertz CT molecular complexity index is 1470. The molecule has 10 heteroatoms. The first kappa shape index (κ1) is 19.0. The predicted octanol–water partition coefficient (Wildman–Crippen LogP) is 2.18. The van der Waals surface area contributed by atoms with Crippen molar-refractivity contribution in [2.75, 3.05) is 0 Å². The molecule has 1 N–H and O–H groups in total. The molecule has 6 nitrogen and oxygen atoms in total. The van der Waals surface area contributed by atoms with E-state index < -0.39 is 24.1 Å². The molecule has 0 saturated heterocycles. The Labute approximate surface area is 183 Å². The van der Waals surface area contributed by atoms with E-state index in [0.29, 0.717) is 11.1 Å². The molecular weight excluding hydrogens is 412 g/mol. The first-order chi connectivity index (χ1) is 15.3. The minimum absolute atomic E-state index is 0.0173. The fourth-order valence-corrected chi connectivity index (χ4v) is 4.85. The molecule has 32 heavy (non-hydrogen) atoms. The molecule has 154 valence electrons. The van der Waals surface area contributed by atoms with Gasteiger partial charge in [0, 0.05) is 30.7 Å². The van der Waals surface area contributed by atoms with Crippen LogP contribution in [0.25, 0.3) is 22.0 Å². The van der Waals surface area contributed by atoms with Crippen LogP contribution in [0.1, 0.15) is 21.6 Å². The van der Waals surface area contributed by atoms with Crippen molar-refractivity contribution in [2.45, 2.75) is 11.9 Å². The Morgan fingerprint density at radius 2 is 2.06 bits per heavy atom. The van der Waals surface area contributed by atoms with Gasteiger partial charge in [-0.05, 0) is 34.8 Å². The zero-order valence-electron chi connectivity index (χ0n) is 16.9. The van der Waals surface area contributed by atoms with Gasteiger partial charge in [-0.25, -0.2) is 4.39 Å². The summed E-state index contributed by atoms with van der Waals surface area (Å²) in [5.74, 6) is -1.45. The number of hydrogen-bond donors (Lipinski definition) is 1. The molecule has 4 heterocycles. The summed E-state index contributed by atoms with van der Waals surface area (Å²) in [4.78, 5) is 18.0. The summed E-state index contributed by atoms with van der Waals surface area (Å²) in [5.41, 5.74) is 2.14. The molecule has 2 aromatic heterocycles. The maximum absolute atomic E-state index is 16.1. The number of amides is 1. The smallest absolute Gasteiger partial charge is 0.404 e. The van der Waals surface area contributed by atoms with Crippen molar-refractivity contribution in [3.8, 4) is 16.9 Å². The average Bonchev–Trinajstić information content (AvgIpc) is 3.24. The number of aromatic hydroxyl groups is 1. The summed E-state index contributed by atoms with van der Waals surface area (Å²) in [7, 11) is 8.25. The third-order valence-corrected chi connectivity index (χ3v) is 6.36. The Morgan fingerprint density at radius 3 is 2.88 bits per heavy atom. The first-order valence-electron chi connectivity index (χ1n) is 9.98. The third kappa shape index (κ3) is 2.32. The topological polar surface area (TPSA) is 71.2 Å². The van der Waals surface area contributed by atoms with Crippen molar-refractivity contribution >= 4 is 37.1 Å². The number of aryl methyl sites for hydroxylation is 1. The third-order valence-electron chi connectivity index (χ3n) is 6.36. The van der Waals surface area contributed by atoms with Gasteiger partial charge < -0.3 is 14.3 Å². The van der Waals surface area contributed by atoms with Crippen LogP contribution in [0.15, 0.2) is 48.8 Å². The number of fused-ring (bicyclic) bond motifs is 5. The van der Waals surface area contributed by atoms with E-state index >= 15 is 8.71 Å². The van der Waals surface area contributed by atoms with Crippen LogP contribution in [0.5, 0.6) is 5.75 Å². The highest BCUT2D eigenvalue weighted by molar-refractivity contribution is 6.77. The molecule has 0 aliphatic carbocycles. The van der Waals surface area contributed by atoms with Crippen LogP contribution in [-0.4, -0.2) is 45.5 Å². The maximum atomic E-state index is 16.1. The zero-order valence-corrected chi connectivity index (χ0v) is 16.9. The van der Waals surface area contributed by atoms with Gasteiger partial charge in [0.15, 0.2) is 0 Å². The van der Waals surface area contributed by atoms with Gasteiger partial charge in [0.25, 0.3) is 5.91 Å². The number of halogens is 2. The van der Waals surface area contributed by atoms with E-state index in [4.69, 9.17) is 7.85 Å². The standard InChI is InChI=1S/C22H14B2F2N4O2/c1-29-9-15-13(3-2-4-19(15)28-29)11-5-17-16(18(25)6-11)10-30-21(32)14-7-12(31)8-27-20(14)22(30,23)24(17)26/h2-9,31H,10H2,1H3. The molecule has 1 amide bonds. The van der Waals surface area contributed by atoms with Crippen LogP contribution in [0.2, 0.25) is 0 Å². The molecule has 0 saturated carbocycles. The lowest BCUT2D eigenvalue weighted by molar-refractivity contribution is 0.0714. The number of hydrogen-bond acceptors (Lipinski definition) is 4. The Balaban J connectivity index is 1.56. The summed E-state index contributed by atoms with van der Waals surface area (Å²) < 4.78 is 33.0. The van der Waals surface area contributed by atoms with Crippen LogP contribution in [0.3, 0.4) is 0 Å². The van der Waals surface area contributed by atoms with Crippen LogP contribution in [0, 0.1) is 5.82 Å². The van der Waals surface area contributed by atoms with Gasteiger partial charge in [-0.1, -0.05) is 18.2 Å². The SMILES string of the molecule is [B]C12B(F)c3cc(-c4cccc5nn(C)cc45)cc(F)c3CN1C(=O)c1cc(O)cnc12. The van der Waals surface area contributed by atoms with Gasteiger partial charge in [0.2, 0.25) is 0 Å². The monoisotopic (exact) mass is 426 g/mol. The fourth-order valence-electron chi connectivity index (χ4n) is 4.85. The number of carbonyl (C=O) groups is 1. The summed E-state index contributed by atoms with van der Waals surface area (Å²) in [6.07, 6.45) is 2.94. The lowest BCUT2D eigenvalue weighted by Gasteiger charge is -2.42. The minimum Gasteiger partial charge on any atom is -0.506 e. The van der Waals surface area contributed by atoms with Crippen molar-refractivity contribution in [3.63, 3.8) is 0 Å². The van der Waals surface area contributed by atoms with Crippen molar-refractivity contribution in [1.29, 1.82) is 0 Å². The molecule has 1 atom stereocenters. The molecule has 0 bridgehead atoms. The Morgan fingerprint density at radius 1 is 1.25 bits per heavy atom. The van der Waals surface area contributed by atoms with Gasteiger partial charge in [0.1, 0.15) is 19.4 Å².